The number of aliphatic hydroxyl groups excluding tert-OH is 1. The minimum Gasteiger partial charge on any atom is -0.392 e. The minimum absolute atomic E-state index is 0.129. The molecule has 1 saturated carbocycles. The topological polar surface area (TPSA) is 20.2 Å². The summed E-state index contributed by atoms with van der Waals surface area (Å²) in [6, 6.07) is 6.67. The van der Waals surface area contributed by atoms with Crippen LogP contribution in [-0.2, 0) is 6.42 Å². The summed E-state index contributed by atoms with van der Waals surface area (Å²) >= 11 is 0. The Morgan fingerprint density at radius 2 is 2.10 bits per heavy atom. The third-order valence-electron chi connectivity index (χ3n) is 5.03. The molecule has 0 radical (unpaired) electrons. The third kappa shape index (κ3) is 2.49. The average Bonchev–Trinajstić information content (AvgIpc) is 2.76. The van der Waals surface area contributed by atoms with Gasteiger partial charge in [0.25, 0.3) is 0 Å². The van der Waals surface area contributed by atoms with Crippen molar-refractivity contribution in [3.8, 4) is 0 Å². The van der Waals surface area contributed by atoms with E-state index in [1.807, 2.05) is 18.2 Å². The van der Waals surface area contributed by atoms with Crippen molar-refractivity contribution in [2.24, 2.45) is 5.41 Å². The highest BCUT2D eigenvalue weighted by molar-refractivity contribution is 5.46. The first-order valence-corrected chi connectivity index (χ1v) is 7.51. The smallest absolute Gasteiger partial charge is 0.123 e. The molecule has 0 heterocycles. The highest BCUT2D eigenvalue weighted by Crippen LogP contribution is 2.51. The zero-order valence-electron chi connectivity index (χ0n) is 12.4. The molecule has 2 atom stereocenters. The van der Waals surface area contributed by atoms with E-state index >= 15 is 0 Å². The van der Waals surface area contributed by atoms with Gasteiger partial charge in [-0.1, -0.05) is 43.4 Å². The second kappa shape index (κ2) is 5.27. The predicted molar refractivity (Wildman–Crippen MR) is 83.4 cm³/mol. The largest absolute Gasteiger partial charge is 0.392 e. The van der Waals surface area contributed by atoms with E-state index in [0.717, 1.165) is 31.2 Å². The van der Waals surface area contributed by atoms with Crippen LogP contribution in [0.3, 0.4) is 0 Å². The summed E-state index contributed by atoms with van der Waals surface area (Å²) in [5, 5.41) is 10.3. The van der Waals surface area contributed by atoms with E-state index in [-0.39, 0.29) is 17.3 Å². The van der Waals surface area contributed by atoms with E-state index in [9.17, 15) is 9.50 Å². The van der Waals surface area contributed by atoms with Gasteiger partial charge in [0.2, 0.25) is 0 Å². The molecule has 2 unspecified atom stereocenters. The average molecular weight is 284 g/mol. The first kappa shape index (κ1) is 14.3. The molecule has 2 heteroatoms. The van der Waals surface area contributed by atoms with Gasteiger partial charge in [0.1, 0.15) is 5.82 Å². The first-order chi connectivity index (χ1) is 10.0. The van der Waals surface area contributed by atoms with Crippen LogP contribution >= 0.6 is 0 Å². The Bertz CT molecular complexity index is 623. The molecule has 3 rings (SSSR count). The van der Waals surface area contributed by atoms with E-state index in [1.165, 1.54) is 28.9 Å². The molecule has 0 aromatic heterocycles. The van der Waals surface area contributed by atoms with Crippen LogP contribution in [0.15, 0.2) is 59.7 Å². The van der Waals surface area contributed by atoms with Crippen molar-refractivity contribution in [3.63, 3.8) is 0 Å². The molecule has 1 aromatic rings. The molecule has 21 heavy (non-hydrogen) atoms. The number of aliphatic hydroxyl groups is 1. The molecule has 0 spiro atoms. The van der Waals surface area contributed by atoms with Crippen molar-refractivity contribution in [1.29, 1.82) is 0 Å². The molecule has 0 bridgehead atoms. The van der Waals surface area contributed by atoms with Crippen LogP contribution in [0.2, 0.25) is 0 Å². The van der Waals surface area contributed by atoms with Gasteiger partial charge in [-0.2, -0.15) is 0 Å². The van der Waals surface area contributed by atoms with Gasteiger partial charge in [0.05, 0.1) is 6.10 Å². The summed E-state index contributed by atoms with van der Waals surface area (Å²) in [5.41, 5.74) is 4.77. The van der Waals surface area contributed by atoms with Crippen LogP contribution in [0.25, 0.3) is 0 Å². The first-order valence-electron chi connectivity index (χ1n) is 7.51. The van der Waals surface area contributed by atoms with Gasteiger partial charge < -0.3 is 5.11 Å². The number of rotatable bonds is 3. The molecule has 1 N–H and O–H groups in total. The van der Waals surface area contributed by atoms with Crippen molar-refractivity contribution in [2.45, 2.75) is 38.7 Å². The highest BCUT2D eigenvalue weighted by atomic mass is 19.1. The number of allylic oxidation sites excluding steroid dienone is 4. The molecule has 0 aliphatic heterocycles. The van der Waals surface area contributed by atoms with Gasteiger partial charge in [0, 0.05) is 5.41 Å². The SMILES string of the molecule is C=CC1=C(Cc2ccc(F)cc2)C=C2CCC(O)C2(C)C1. The van der Waals surface area contributed by atoms with E-state index < -0.39 is 0 Å². The quantitative estimate of drug-likeness (QED) is 0.875. The molecule has 0 saturated heterocycles. The van der Waals surface area contributed by atoms with Crippen molar-refractivity contribution in [1.82, 2.24) is 0 Å². The Kier molecular flexibility index (Phi) is 3.58. The number of hydrogen-bond acceptors (Lipinski definition) is 1. The fourth-order valence-electron chi connectivity index (χ4n) is 3.58. The predicted octanol–water partition coefficient (Wildman–Crippen LogP) is 4.34. The van der Waals surface area contributed by atoms with E-state index in [4.69, 9.17) is 0 Å². The molecule has 1 aromatic carbocycles. The van der Waals surface area contributed by atoms with Gasteiger partial charge in [-0.15, -0.1) is 0 Å². The molecule has 1 nitrogen and oxygen atoms in total. The van der Waals surface area contributed by atoms with Crippen LogP contribution in [0.5, 0.6) is 0 Å². The van der Waals surface area contributed by atoms with Gasteiger partial charge in [-0.25, -0.2) is 4.39 Å². The second-order valence-corrected chi connectivity index (χ2v) is 6.38. The van der Waals surface area contributed by atoms with E-state index in [0.29, 0.717) is 0 Å². The zero-order valence-corrected chi connectivity index (χ0v) is 12.4. The third-order valence-corrected chi connectivity index (χ3v) is 5.03. The molecule has 0 amide bonds. The summed E-state index contributed by atoms with van der Waals surface area (Å²) in [4.78, 5) is 0. The number of benzene rings is 1. The Labute approximate surface area is 125 Å². The number of hydrogen-bond donors (Lipinski definition) is 1. The summed E-state index contributed by atoms with van der Waals surface area (Å²) in [7, 11) is 0. The van der Waals surface area contributed by atoms with Gasteiger partial charge in [-0.05, 0) is 54.5 Å². The summed E-state index contributed by atoms with van der Waals surface area (Å²) in [6.07, 6.45) is 7.33. The summed E-state index contributed by atoms with van der Waals surface area (Å²) in [5.74, 6) is -0.204. The molecular weight excluding hydrogens is 263 g/mol. The summed E-state index contributed by atoms with van der Waals surface area (Å²) in [6.45, 7) is 6.08. The van der Waals surface area contributed by atoms with Crippen molar-refractivity contribution in [2.75, 3.05) is 0 Å². The fourth-order valence-corrected chi connectivity index (χ4v) is 3.58. The van der Waals surface area contributed by atoms with Crippen LogP contribution in [0, 0.1) is 11.2 Å². The van der Waals surface area contributed by atoms with Crippen molar-refractivity contribution >= 4 is 0 Å². The van der Waals surface area contributed by atoms with Crippen molar-refractivity contribution in [3.05, 3.63) is 71.1 Å². The monoisotopic (exact) mass is 284 g/mol. The van der Waals surface area contributed by atoms with E-state index in [2.05, 4.69) is 19.6 Å². The number of fused-ring (bicyclic) bond motifs is 1. The van der Waals surface area contributed by atoms with Crippen LogP contribution in [-0.4, -0.2) is 11.2 Å². The molecular formula is C19H21FO. The Morgan fingerprint density at radius 1 is 1.38 bits per heavy atom. The Balaban J connectivity index is 1.92. The maximum atomic E-state index is 13.0. The minimum atomic E-state index is -0.258. The van der Waals surface area contributed by atoms with Gasteiger partial charge in [-0.3, -0.25) is 0 Å². The Hall–Kier alpha value is -1.67. The van der Waals surface area contributed by atoms with Crippen LogP contribution in [0.1, 0.15) is 31.7 Å². The highest BCUT2D eigenvalue weighted by Gasteiger charge is 2.43. The maximum absolute atomic E-state index is 13.0. The standard InChI is InChI=1S/C19H21FO/c1-3-14-12-19(2)16(6-9-18(19)21)11-15(14)10-13-4-7-17(20)8-5-13/h3-5,7-8,11,18,21H,1,6,9-10,12H2,2H3. The lowest BCUT2D eigenvalue weighted by Gasteiger charge is -2.35. The lowest BCUT2D eigenvalue weighted by molar-refractivity contribution is 0.0834. The van der Waals surface area contributed by atoms with E-state index in [1.54, 1.807) is 0 Å². The molecule has 1 fully saturated rings. The molecule has 2 aliphatic carbocycles. The lowest BCUT2D eigenvalue weighted by Crippen LogP contribution is -2.30. The molecule has 2 aliphatic rings. The normalized spacial score (nSPS) is 28.3. The zero-order chi connectivity index (χ0) is 15.0. The summed E-state index contributed by atoms with van der Waals surface area (Å²) < 4.78 is 13.0. The lowest BCUT2D eigenvalue weighted by atomic mass is 9.71. The van der Waals surface area contributed by atoms with Crippen molar-refractivity contribution < 1.29 is 9.50 Å². The number of halogens is 1. The maximum Gasteiger partial charge on any atom is 0.123 e. The second-order valence-electron chi connectivity index (χ2n) is 6.38. The Morgan fingerprint density at radius 3 is 2.76 bits per heavy atom. The fraction of sp³-hybridized carbons (Fsp3) is 0.368. The van der Waals surface area contributed by atoms with Gasteiger partial charge >= 0.3 is 0 Å². The van der Waals surface area contributed by atoms with Crippen LogP contribution < -0.4 is 0 Å². The van der Waals surface area contributed by atoms with Gasteiger partial charge in [0.15, 0.2) is 0 Å². The van der Waals surface area contributed by atoms with Crippen LogP contribution in [0.4, 0.5) is 4.39 Å². The molecule has 110 valence electrons.